The third kappa shape index (κ3) is 2.77. The molecular formula is C17H28O3. The first-order valence-corrected chi connectivity index (χ1v) is 7.94. The van der Waals surface area contributed by atoms with Gasteiger partial charge < -0.3 is 9.53 Å². The highest BCUT2D eigenvalue weighted by Gasteiger charge is 2.63. The largest absolute Gasteiger partial charge is 0.462 e. The van der Waals surface area contributed by atoms with Crippen molar-refractivity contribution in [2.45, 2.75) is 60.0 Å². The second-order valence-corrected chi connectivity index (χ2v) is 7.76. The molecule has 0 bridgehead atoms. The normalized spacial score (nSPS) is 39.4. The van der Waals surface area contributed by atoms with Crippen molar-refractivity contribution in [3.63, 3.8) is 0 Å². The fourth-order valence-corrected chi connectivity index (χ4v) is 3.85. The first-order chi connectivity index (χ1) is 9.28. The molecule has 0 saturated heterocycles. The van der Waals surface area contributed by atoms with Crippen molar-refractivity contribution in [3.8, 4) is 0 Å². The molecule has 5 atom stereocenters. The molecule has 114 valence electrons. The number of carbonyl (C=O) groups excluding carboxylic acids is 2. The maximum atomic E-state index is 12.4. The van der Waals surface area contributed by atoms with Crippen LogP contribution in [0.4, 0.5) is 0 Å². The molecule has 0 aliphatic heterocycles. The molecule has 0 aromatic carbocycles. The Balaban J connectivity index is 2.00. The van der Waals surface area contributed by atoms with Crippen molar-refractivity contribution in [2.24, 2.45) is 35.0 Å². The lowest BCUT2D eigenvalue weighted by Crippen LogP contribution is -2.36. The molecule has 2 rings (SSSR count). The van der Waals surface area contributed by atoms with Gasteiger partial charge in [0.15, 0.2) is 0 Å². The summed E-state index contributed by atoms with van der Waals surface area (Å²) in [5, 5.41) is 0. The maximum Gasteiger partial charge on any atom is 0.310 e. The highest BCUT2D eigenvalue weighted by Crippen LogP contribution is 2.57. The predicted molar refractivity (Wildman–Crippen MR) is 78.0 cm³/mol. The average Bonchev–Trinajstić information content (AvgIpc) is 2.90. The van der Waals surface area contributed by atoms with Crippen LogP contribution in [-0.2, 0) is 14.3 Å². The minimum Gasteiger partial charge on any atom is -0.462 e. The molecule has 2 saturated carbocycles. The van der Waals surface area contributed by atoms with E-state index in [1.54, 1.807) is 0 Å². The van der Waals surface area contributed by atoms with Crippen LogP contribution in [0.1, 0.15) is 53.9 Å². The molecule has 0 aromatic heterocycles. The fourth-order valence-electron chi connectivity index (χ4n) is 3.85. The minimum absolute atomic E-state index is 0.0370. The van der Waals surface area contributed by atoms with Gasteiger partial charge in [-0.1, -0.05) is 41.0 Å². The van der Waals surface area contributed by atoms with E-state index in [1.165, 1.54) is 6.42 Å². The Bertz CT molecular complexity index is 386. The van der Waals surface area contributed by atoms with Crippen LogP contribution in [-0.4, -0.2) is 18.4 Å². The van der Waals surface area contributed by atoms with Gasteiger partial charge >= 0.3 is 5.97 Å². The summed E-state index contributed by atoms with van der Waals surface area (Å²) in [6, 6.07) is 0. The molecule has 0 N–H and O–H groups in total. The Labute approximate surface area is 122 Å². The molecule has 2 aliphatic rings. The van der Waals surface area contributed by atoms with Crippen LogP contribution in [0.2, 0.25) is 0 Å². The molecule has 0 amide bonds. The Hall–Kier alpha value is -0.860. The zero-order chi connectivity index (χ0) is 15.1. The molecule has 2 aliphatic carbocycles. The summed E-state index contributed by atoms with van der Waals surface area (Å²) < 4.78 is 5.83. The topological polar surface area (TPSA) is 43.4 Å². The van der Waals surface area contributed by atoms with Gasteiger partial charge in [-0.05, 0) is 36.0 Å². The number of hydrogen-bond acceptors (Lipinski definition) is 3. The molecule has 20 heavy (non-hydrogen) atoms. The lowest BCUT2D eigenvalue weighted by Gasteiger charge is -2.36. The Kier molecular flexibility index (Phi) is 4.27. The SMILES string of the molecule is CC1CCC(C(C)C)C(OC(=O)C2C(C=O)C2(C)C)C1. The van der Waals surface area contributed by atoms with E-state index in [0.29, 0.717) is 17.8 Å². The summed E-state index contributed by atoms with van der Waals surface area (Å²) in [5.41, 5.74) is -0.216. The van der Waals surface area contributed by atoms with Crippen LogP contribution in [0.25, 0.3) is 0 Å². The lowest BCUT2D eigenvalue weighted by atomic mass is 9.75. The molecule has 0 heterocycles. The number of hydrogen-bond donors (Lipinski definition) is 0. The zero-order valence-corrected chi connectivity index (χ0v) is 13.4. The second kappa shape index (κ2) is 5.50. The Morgan fingerprint density at radius 1 is 1.30 bits per heavy atom. The predicted octanol–water partition coefficient (Wildman–Crippen LogP) is 3.46. The first kappa shape index (κ1) is 15.5. The number of ether oxygens (including phenoxy) is 1. The van der Waals surface area contributed by atoms with Crippen LogP contribution >= 0.6 is 0 Å². The highest BCUT2D eigenvalue weighted by atomic mass is 16.5. The van der Waals surface area contributed by atoms with Crippen LogP contribution in [0, 0.1) is 35.0 Å². The van der Waals surface area contributed by atoms with Gasteiger partial charge in [-0.15, -0.1) is 0 Å². The molecule has 5 unspecified atom stereocenters. The van der Waals surface area contributed by atoms with Gasteiger partial charge in [0.1, 0.15) is 12.4 Å². The second-order valence-electron chi connectivity index (χ2n) is 7.76. The van der Waals surface area contributed by atoms with Crippen molar-refractivity contribution in [2.75, 3.05) is 0 Å². The van der Waals surface area contributed by atoms with Crippen molar-refractivity contribution in [1.29, 1.82) is 0 Å². The first-order valence-electron chi connectivity index (χ1n) is 7.94. The number of carbonyl (C=O) groups is 2. The van der Waals surface area contributed by atoms with Crippen molar-refractivity contribution in [1.82, 2.24) is 0 Å². The molecule has 3 heteroatoms. The van der Waals surface area contributed by atoms with Gasteiger partial charge in [0.05, 0.1) is 5.92 Å². The van der Waals surface area contributed by atoms with E-state index in [1.807, 2.05) is 13.8 Å². The van der Waals surface area contributed by atoms with E-state index < -0.39 is 0 Å². The van der Waals surface area contributed by atoms with E-state index >= 15 is 0 Å². The molecule has 0 radical (unpaired) electrons. The number of esters is 1. The summed E-state index contributed by atoms with van der Waals surface area (Å²) in [7, 11) is 0. The van der Waals surface area contributed by atoms with E-state index in [4.69, 9.17) is 4.74 Å². The monoisotopic (exact) mass is 280 g/mol. The summed E-state index contributed by atoms with van der Waals surface area (Å²) in [5.74, 6) is 1.08. The Morgan fingerprint density at radius 2 is 1.95 bits per heavy atom. The van der Waals surface area contributed by atoms with Crippen LogP contribution in [0.3, 0.4) is 0 Å². The third-order valence-electron chi connectivity index (χ3n) is 5.54. The van der Waals surface area contributed by atoms with Crippen molar-refractivity contribution >= 4 is 12.3 Å². The smallest absolute Gasteiger partial charge is 0.310 e. The average molecular weight is 280 g/mol. The summed E-state index contributed by atoms with van der Waals surface area (Å²) >= 11 is 0. The van der Waals surface area contributed by atoms with Gasteiger partial charge in [-0.3, -0.25) is 4.79 Å². The quantitative estimate of drug-likeness (QED) is 0.585. The molecule has 0 aromatic rings. The number of rotatable bonds is 4. The standard InChI is InChI=1S/C17H28O3/c1-10(2)12-7-6-11(3)8-14(12)20-16(19)15-13(9-18)17(15,4)5/h9-15H,6-8H2,1-5H3. The highest BCUT2D eigenvalue weighted by molar-refractivity contribution is 5.84. The van der Waals surface area contributed by atoms with Crippen molar-refractivity contribution < 1.29 is 14.3 Å². The molecule has 2 fully saturated rings. The number of aldehydes is 1. The summed E-state index contributed by atoms with van der Waals surface area (Å²) in [4.78, 5) is 23.4. The summed E-state index contributed by atoms with van der Waals surface area (Å²) in [6.45, 7) is 10.6. The van der Waals surface area contributed by atoms with E-state index in [-0.39, 0.29) is 29.3 Å². The molecular weight excluding hydrogens is 252 g/mol. The zero-order valence-electron chi connectivity index (χ0n) is 13.4. The lowest BCUT2D eigenvalue weighted by molar-refractivity contribution is -0.158. The van der Waals surface area contributed by atoms with E-state index in [2.05, 4.69) is 20.8 Å². The molecule has 0 spiro atoms. The van der Waals surface area contributed by atoms with Crippen LogP contribution in [0.5, 0.6) is 0 Å². The van der Waals surface area contributed by atoms with Gasteiger partial charge in [-0.25, -0.2) is 0 Å². The Morgan fingerprint density at radius 3 is 2.45 bits per heavy atom. The minimum atomic E-state index is -0.231. The van der Waals surface area contributed by atoms with Crippen LogP contribution < -0.4 is 0 Å². The van der Waals surface area contributed by atoms with Crippen molar-refractivity contribution in [3.05, 3.63) is 0 Å². The molecule has 3 nitrogen and oxygen atoms in total. The van der Waals surface area contributed by atoms with Crippen LogP contribution in [0.15, 0.2) is 0 Å². The fraction of sp³-hybridized carbons (Fsp3) is 0.882. The van der Waals surface area contributed by atoms with Gasteiger partial charge in [0.2, 0.25) is 0 Å². The third-order valence-corrected chi connectivity index (χ3v) is 5.54. The maximum absolute atomic E-state index is 12.4. The van der Waals surface area contributed by atoms with Gasteiger partial charge in [0.25, 0.3) is 0 Å². The van der Waals surface area contributed by atoms with E-state index in [0.717, 1.165) is 19.1 Å². The van der Waals surface area contributed by atoms with Gasteiger partial charge in [0, 0.05) is 5.92 Å². The summed E-state index contributed by atoms with van der Waals surface area (Å²) in [6.07, 6.45) is 4.28. The van der Waals surface area contributed by atoms with E-state index in [9.17, 15) is 9.59 Å². The van der Waals surface area contributed by atoms with Gasteiger partial charge in [-0.2, -0.15) is 0 Å².